The molecular weight excluding hydrogens is 406 g/mol. The minimum Gasteiger partial charge on any atom is -0.465 e. The second kappa shape index (κ2) is 8.86. The number of nitrogens with zero attached hydrogens (tertiary/aromatic N) is 3. The molecule has 2 aromatic carbocycles. The number of aromatic nitrogens is 2. The molecule has 4 aromatic rings. The van der Waals surface area contributed by atoms with Crippen molar-refractivity contribution < 1.29 is 9.53 Å². The molecule has 0 aliphatic rings. The van der Waals surface area contributed by atoms with Crippen molar-refractivity contribution in [2.24, 2.45) is 0 Å². The minimum atomic E-state index is -0.250. The normalized spacial score (nSPS) is 11.1. The molecule has 0 fully saturated rings. The molecule has 0 saturated heterocycles. The lowest BCUT2D eigenvalue weighted by Crippen LogP contribution is -2.28. The molecule has 0 saturated carbocycles. The predicted molar refractivity (Wildman–Crippen MR) is 116 cm³/mol. The number of pyridine rings is 1. The Labute approximate surface area is 176 Å². The van der Waals surface area contributed by atoms with Crippen LogP contribution >= 0.6 is 22.9 Å². The van der Waals surface area contributed by atoms with Crippen LogP contribution in [0.1, 0.15) is 5.56 Å². The van der Waals surface area contributed by atoms with Crippen LogP contribution in [0.4, 0.5) is 5.13 Å². The Kier molecular flexibility index (Phi) is 5.84. The summed E-state index contributed by atoms with van der Waals surface area (Å²) in [6.07, 6.45) is 6.19. The summed E-state index contributed by atoms with van der Waals surface area (Å²) in [7, 11) is 0. The van der Waals surface area contributed by atoms with Gasteiger partial charge in [-0.05, 0) is 35.9 Å². The standard InChI is InChI=1S/C22H16ClN3O2S/c23-18-9-4-10-19-21(18)25-22(29-19)26(15-16-6-5-12-24-14-16)20(27)11-13-28-17-7-2-1-3-8-17/h1-14H,15H2. The summed E-state index contributed by atoms with van der Waals surface area (Å²) in [6.45, 7) is 0.333. The Bertz CT molecular complexity index is 1150. The lowest BCUT2D eigenvalue weighted by molar-refractivity contribution is -0.114. The Hall–Kier alpha value is -3.22. The van der Waals surface area contributed by atoms with Gasteiger partial charge in [0.15, 0.2) is 5.13 Å². The number of hydrogen-bond donors (Lipinski definition) is 0. The zero-order chi connectivity index (χ0) is 20.1. The fourth-order valence-electron chi connectivity index (χ4n) is 2.69. The van der Waals surface area contributed by atoms with E-state index >= 15 is 0 Å². The molecule has 0 aliphatic heterocycles. The van der Waals surface area contributed by atoms with Crippen LogP contribution in [-0.2, 0) is 11.3 Å². The number of carbonyl (C=O) groups excluding carboxylic acids is 1. The number of thiazole rings is 1. The first-order valence-electron chi connectivity index (χ1n) is 8.84. The third-order valence-corrected chi connectivity index (χ3v) is 5.43. The van der Waals surface area contributed by atoms with Crippen molar-refractivity contribution in [3.05, 3.63) is 96.0 Å². The zero-order valence-electron chi connectivity index (χ0n) is 15.2. The van der Waals surface area contributed by atoms with Crippen molar-refractivity contribution >= 4 is 44.2 Å². The summed E-state index contributed by atoms with van der Waals surface area (Å²) in [5, 5.41) is 1.12. The van der Waals surface area contributed by atoms with Gasteiger partial charge in [0.2, 0.25) is 0 Å². The molecule has 2 heterocycles. The Morgan fingerprint density at radius 1 is 1.10 bits per heavy atom. The van der Waals surface area contributed by atoms with E-state index in [1.165, 1.54) is 23.7 Å². The molecule has 0 atom stereocenters. The summed E-state index contributed by atoms with van der Waals surface area (Å²) >= 11 is 7.67. The lowest BCUT2D eigenvalue weighted by Gasteiger charge is -2.18. The molecule has 0 N–H and O–H groups in total. The SMILES string of the molecule is O=C(C=COc1ccccc1)N(Cc1cccnc1)c1nc2c(Cl)cccc2s1. The molecule has 7 heteroatoms. The molecular formula is C22H16ClN3O2S. The minimum absolute atomic E-state index is 0.250. The first kappa shape index (κ1) is 19.1. The lowest BCUT2D eigenvalue weighted by atomic mass is 10.2. The maximum Gasteiger partial charge on any atom is 0.256 e. The second-order valence-corrected chi connectivity index (χ2v) is 7.52. The molecule has 2 aromatic heterocycles. The number of fused-ring (bicyclic) bond motifs is 1. The van der Waals surface area contributed by atoms with Crippen LogP contribution in [-0.4, -0.2) is 15.9 Å². The first-order valence-corrected chi connectivity index (χ1v) is 10.0. The van der Waals surface area contributed by atoms with E-state index in [0.717, 1.165) is 10.3 Å². The molecule has 144 valence electrons. The van der Waals surface area contributed by atoms with Gasteiger partial charge < -0.3 is 4.74 Å². The number of para-hydroxylation sites is 2. The van der Waals surface area contributed by atoms with Crippen molar-refractivity contribution in [1.82, 2.24) is 9.97 Å². The van der Waals surface area contributed by atoms with Crippen LogP contribution in [0.25, 0.3) is 10.2 Å². The Morgan fingerprint density at radius 2 is 1.97 bits per heavy atom. The third kappa shape index (κ3) is 4.62. The molecule has 0 spiro atoms. The molecule has 29 heavy (non-hydrogen) atoms. The van der Waals surface area contributed by atoms with Gasteiger partial charge in [-0.25, -0.2) is 4.98 Å². The van der Waals surface area contributed by atoms with E-state index in [2.05, 4.69) is 9.97 Å². The van der Waals surface area contributed by atoms with E-state index < -0.39 is 0 Å². The van der Waals surface area contributed by atoms with Crippen molar-refractivity contribution in [2.75, 3.05) is 4.90 Å². The van der Waals surface area contributed by atoms with Crippen LogP contribution in [0.5, 0.6) is 5.75 Å². The van der Waals surface area contributed by atoms with E-state index in [-0.39, 0.29) is 5.91 Å². The number of rotatable bonds is 6. The van der Waals surface area contributed by atoms with Gasteiger partial charge in [0.05, 0.1) is 22.5 Å². The molecule has 0 unspecified atom stereocenters. The van der Waals surface area contributed by atoms with E-state index in [9.17, 15) is 4.79 Å². The van der Waals surface area contributed by atoms with Gasteiger partial charge in [-0.3, -0.25) is 14.7 Å². The monoisotopic (exact) mass is 421 g/mol. The van der Waals surface area contributed by atoms with Gasteiger partial charge in [0.1, 0.15) is 11.3 Å². The highest BCUT2D eigenvalue weighted by Gasteiger charge is 2.19. The fourth-order valence-corrected chi connectivity index (χ4v) is 3.96. The average molecular weight is 422 g/mol. The smallest absolute Gasteiger partial charge is 0.256 e. The Morgan fingerprint density at radius 3 is 2.72 bits per heavy atom. The number of benzene rings is 2. The van der Waals surface area contributed by atoms with Gasteiger partial charge in [-0.2, -0.15) is 0 Å². The van der Waals surface area contributed by atoms with Crippen molar-refractivity contribution in [3.8, 4) is 5.75 Å². The van der Waals surface area contributed by atoms with E-state index in [0.29, 0.717) is 28.0 Å². The maximum absolute atomic E-state index is 13.0. The van der Waals surface area contributed by atoms with Gasteiger partial charge >= 0.3 is 0 Å². The topological polar surface area (TPSA) is 55.3 Å². The van der Waals surface area contributed by atoms with E-state index in [1.54, 1.807) is 23.4 Å². The summed E-state index contributed by atoms with van der Waals surface area (Å²) < 4.78 is 6.43. The van der Waals surface area contributed by atoms with Crippen LogP contribution in [0.15, 0.2) is 85.4 Å². The molecule has 0 aliphatic carbocycles. The average Bonchev–Trinajstić information content (AvgIpc) is 3.19. The number of anilines is 1. The molecule has 0 bridgehead atoms. The number of amides is 1. The van der Waals surface area contributed by atoms with Gasteiger partial charge in [0, 0.05) is 18.5 Å². The van der Waals surface area contributed by atoms with Crippen LogP contribution in [0.3, 0.4) is 0 Å². The third-order valence-electron chi connectivity index (χ3n) is 4.08. The summed E-state index contributed by atoms with van der Waals surface area (Å²) in [5.74, 6) is 0.405. The van der Waals surface area contributed by atoms with Crippen molar-refractivity contribution in [2.45, 2.75) is 6.54 Å². The van der Waals surface area contributed by atoms with Crippen LogP contribution in [0, 0.1) is 0 Å². The van der Waals surface area contributed by atoms with E-state index in [1.807, 2.05) is 54.6 Å². The highest BCUT2D eigenvalue weighted by atomic mass is 35.5. The number of hydrogen-bond acceptors (Lipinski definition) is 5. The van der Waals surface area contributed by atoms with Gasteiger partial charge in [-0.15, -0.1) is 0 Å². The summed E-state index contributed by atoms with van der Waals surface area (Å²) in [6, 6.07) is 18.6. The van der Waals surface area contributed by atoms with Crippen LogP contribution in [0.2, 0.25) is 5.02 Å². The highest BCUT2D eigenvalue weighted by Crippen LogP contribution is 2.33. The highest BCUT2D eigenvalue weighted by molar-refractivity contribution is 7.22. The largest absolute Gasteiger partial charge is 0.465 e. The number of ether oxygens (including phenoxy) is 1. The molecule has 1 amide bonds. The zero-order valence-corrected chi connectivity index (χ0v) is 16.8. The molecule has 0 radical (unpaired) electrons. The van der Waals surface area contributed by atoms with E-state index in [4.69, 9.17) is 16.3 Å². The molecule has 4 rings (SSSR count). The maximum atomic E-state index is 13.0. The van der Waals surface area contributed by atoms with Gasteiger partial charge in [-0.1, -0.05) is 53.3 Å². The Balaban J connectivity index is 1.62. The van der Waals surface area contributed by atoms with Crippen LogP contribution < -0.4 is 9.64 Å². The number of carbonyl (C=O) groups is 1. The first-order chi connectivity index (χ1) is 14.2. The van der Waals surface area contributed by atoms with Crippen molar-refractivity contribution in [1.29, 1.82) is 0 Å². The number of halogens is 1. The molecule has 5 nitrogen and oxygen atoms in total. The summed E-state index contributed by atoms with van der Waals surface area (Å²) in [5.41, 5.74) is 1.58. The second-order valence-electron chi connectivity index (χ2n) is 6.10. The fraction of sp³-hybridized carbons (Fsp3) is 0.0455. The predicted octanol–water partition coefficient (Wildman–Crippen LogP) is 5.47. The van der Waals surface area contributed by atoms with Crippen molar-refractivity contribution in [3.63, 3.8) is 0 Å². The van der Waals surface area contributed by atoms with Gasteiger partial charge in [0.25, 0.3) is 5.91 Å². The summed E-state index contributed by atoms with van der Waals surface area (Å²) in [4.78, 5) is 23.3. The quantitative estimate of drug-likeness (QED) is 0.306.